The zero-order valence-electron chi connectivity index (χ0n) is 16.7. The summed E-state index contributed by atoms with van der Waals surface area (Å²) in [6.45, 7) is 1.82. The molecule has 0 aliphatic rings. The maximum Gasteiger partial charge on any atom is 0.251 e. The highest BCUT2D eigenvalue weighted by Gasteiger charge is 2.17. The van der Waals surface area contributed by atoms with Gasteiger partial charge >= 0.3 is 0 Å². The molecule has 1 N–H and O–H groups in total. The van der Waals surface area contributed by atoms with Crippen molar-refractivity contribution in [1.82, 2.24) is 14.5 Å². The second kappa shape index (κ2) is 9.68. The number of sulfonamides is 1. The molecule has 28 heavy (non-hydrogen) atoms. The number of nitrogens with one attached hydrogen (secondary N) is 1. The van der Waals surface area contributed by atoms with E-state index < -0.39 is 10.0 Å². The molecule has 0 saturated heterocycles. The lowest BCUT2D eigenvalue weighted by molar-refractivity contribution is 0.0951. The maximum atomic E-state index is 12.3. The lowest BCUT2D eigenvalue weighted by Crippen LogP contribution is -2.24. The summed E-state index contributed by atoms with van der Waals surface area (Å²) >= 11 is 0. The van der Waals surface area contributed by atoms with Crippen molar-refractivity contribution in [3.8, 4) is 5.75 Å². The van der Waals surface area contributed by atoms with Gasteiger partial charge in [0.25, 0.3) is 5.91 Å². The minimum absolute atomic E-state index is 0.152. The Kier molecular flexibility index (Phi) is 7.56. The van der Waals surface area contributed by atoms with Crippen molar-refractivity contribution < 1.29 is 17.9 Å². The number of hydrogen-bond acceptors (Lipinski definition) is 5. The molecule has 152 valence electrons. The summed E-state index contributed by atoms with van der Waals surface area (Å²) in [6, 6.07) is 13.4. The number of carbonyl (C=O) groups excluding carboxylic acids is 1. The Morgan fingerprint density at radius 3 is 2.11 bits per heavy atom. The summed E-state index contributed by atoms with van der Waals surface area (Å²) in [5, 5.41) is 2.83. The number of amides is 1. The zero-order valence-corrected chi connectivity index (χ0v) is 17.5. The van der Waals surface area contributed by atoms with E-state index in [1.165, 1.54) is 38.4 Å². The third-order valence-electron chi connectivity index (χ3n) is 4.08. The third-order valence-corrected chi connectivity index (χ3v) is 5.91. The first-order valence-electron chi connectivity index (χ1n) is 8.87. The van der Waals surface area contributed by atoms with Crippen LogP contribution in [0.25, 0.3) is 0 Å². The molecular weight excluding hydrogens is 378 g/mol. The fourth-order valence-corrected chi connectivity index (χ4v) is 3.22. The van der Waals surface area contributed by atoms with Crippen molar-refractivity contribution in [3.63, 3.8) is 0 Å². The third kappa shape index (κ3) is 6.05. The molecule has 0 radical (unpaired) electrons. The monoisotopic (exact) mass is 405 g/mol. The molecule has 0 unspecified atom stereocenters. The molecule has 0 heterocycles. The number of nitrogens with zero attached hydrogens (tertiary/aromatic N) is 2. The van der Waals surface area contributed by atoms with E-state index in [0.717, 1.165) is 22.2 Å². The summed E-state index contributed by atoms with van der Waals surface area (Å²) in [7, 11) is 3.41. The Bertz CT molecular complexity index is 877. The molecule has 8 heteroatoms. The molecule has 0 saturated carbocycles. The van der Waals surface area contributed by atoms with Crippen LogP contribution in [0.5, 0.6) is 5.75 Å². The Hall–Kier alpha value is -2.42. The van der Waals surface area contributed by atoms with E-state index in [4.69, 9.17) is 4.74 Å². The molecular formula is C20H27N3O4S. The van der Waals surface area contributed by atoms with Crippen LogP contribution in [-0.4, -0.2) is 64.9 Å². The van der Waals surface area contributed by atoms with Crippen LogP contribution in [-0.2, 0) is 16.6 Å². The molecule has 0 spiro atoms. The highest BCUT2D eigenvalue weighted by atomic mass is 32.2. The summed E-state index contributed by atoms with van der Waals surface area (Å²) in [4.78, 5) is 14.5. The Balaban J connectivity index is 1.90. The zero-order chi connectivity index (χ0) is 20.7. The molecule has 0 fully saturated rings. The molecule has 0 bridgehead atoms. The van der Waals surface area contributed by atoms with Gasteiger partial charge in [0.1, 0.15) is 12.4 Å². The van der Waals surface area contributed by atoms with Crippen LogP contribution in [0.1, 0.15) is 15.9 Å². The molecule has 0 aliphatic heterocycles. The Labute approximate surface area is 167 Å². The normalized spacial score (nSPS) is 11.6. The number of hydrogen-bond donors (Lipinski definition) is 1. The smallest absolute Gasteiger partial charge is 0.251 e. The Morgan fingerprint density at radius 2 is 1.57 bits per heavy atom. The van der Waals surface area contributed by atoms with Gasteiger partial charge in [0.15, 0.2) is 0 Å². The van der Waals surface area contributed by atoms with Crippen molar-refractivity contribution in [3.05, 3.63) is 59.7 Å². The molecule has 1 amide bonds. The molecule has 0 atom stereocenters. The van der Waals surface area contributed by atoms with Gasteiger partial charge in [-0.05, 0) is 56.1 Å². The van der Waals surface area contributed by atoms with Crippen LogP contribution in [0, 0.1) is 0 Å². The van der Waals surface area contributed by atoms with Gasteiger partial charge in [0, 0.05) is 32.7 Å². The molecule has 7 nitrogen and oxygen atoms in total. The minimum atomic E-state index is -3.50. The predicted molar refractivity (Wildman–Crippen MR) is 109 cm³/mol. The predicted octanol–water partition coefficient (Wildman–Crippen LogP) is 1.81. The van der Waals surface area contributed by atoms with Crippen molar-refractivity contribution in [2.24, 2.45) is 0 Å². The van der Waals surface area contributed by atoms with Crippen LogP contribution < -0.4 is 10.1 Å². The summed E-state index contributed by atoms with van der Waals surface area (Å²) in [5.41, 5.74) is 1.35. The molecule has 0 aliphatic carbocycles. The fourth-order valence-electron chi connectivity index (χ4n) is 2.32. The summed E-state index contributed by atoms with van der Waals surface area (Å²) < 4.78 is 30.9. The van der Waals surface area contributed by atoms with Crippen LogP contribution in [0.15, 0.2) is 53.4 Å². The van der Waals surface area contributed by atoms with Crippen molar-refractivity contribution in [2.75, 3.05) is 41.3 Å². The maximum absolute atomic E-state index is 12.3. The van der Waals surface area contributed by atoms with Crippen molar-refractivity contribution in [1.29, 1.82) is 0 Å². The van der Waals surface area contributed by atoms with Gasteiger partial charge in [-0.1, -0.05) is 12.1 Å². The van der Waals surface area contributed by atoms with Crippen molar-refractivity contribution >= 4 is 15.9 Å². The average Bonchev–Trinajstić information content (AvgIpc) is 2.66. The molecule has 2 rings (SSSR count). The first kappa shape index (κ1) is 21.9. The van der Waals surface area contributed by atoms with E-state index in [2.05, 4.69) is 5.32 Å². The van der Waals surface area contributed by atoms with Crippen LogP contribution in [0.3, 0.4) is 0 Å². The second-order valence-corrected chi connectivity index (χ2v) is 8.94. The molecule has 2 aromatic rings. The second-order valence-electron chi connectivity index (χ2n) is 6.79. The van der Waals surface area contributed by atoms with Crippen molar-refractivity contribution in [2.45, 2.75) is 11.4 Å². The summed E-state index contributed by atoms with van der Waals surface area (Å²) in [6.07, 6.45) is 0. The van der Waals surface area contributed by atoms with E-state index in [1.807, 2.05) is 43.3 Å². The van der Waals surface area contributed by atoms with Gasteiger partial charge in [-0.3, -0.25) is 4.79 Å². The number of rotatable bonds is 9. The SMILES string of the molecule is CN(C)CCOc1ccc(CNC(=O)c2ccc(S(=O)(=O)N(C)C)cc2)cc1. The van der Waals surface area contributed by atoms with Crippen LogP contribution in [0.2, 0.25) is 0 Å². The summed E-state index contributed by atoms with van der Waals surface area (Å²) in [5.74, 6) is 0.523. The van der Waals surface area contributed by atoms with Gasteiger partial charge in [-0.2, -0.15) is 0 Å². The lowest BCUT2D eigenvalue weighted by Gasteiger charge is -2.12. The van der Waals surface area contributed by atoms with E-state index in [1.54, 1.807) is 0 Å². The van der Waals surface area contributed by atoms with Crippen LogP contribution >= 0.6 is 0 Å². The first-order chi connectivity index (χ1) is 13.2. The number of carbonyl (C=O) groups is 1. The van der Waals surface area contributed by atoms with E-state index in [9.17, 15) is 13.2 Å². The highest BCUT2D eigenvalue weighted by Crippen LogP contribution is 2.15. The Morgan fingerprint density at radius 1 is 0.964 bits per heavy atom. The van der Waals surface area contributed by atoms with Crippen LogP contribution in [0.4, 0.5) is 0 Å². The topological polar surface area (TPSA) is 79.0 Å². The van der Waals surface area contributed by atoms with Gasteiger partial charge in [0.05, 0.1) is 4.90 Å². The molecule has 0 aromatic heterocycles. The fraction of sp³-hybridized carbons (Fsp3) is 0.350. The minimum Gasteiger partial charge on any atom is -0.492 e. The lowest BCUT2D eigenvalue weighted by atomic mass is 10.2. The number of likely N-dealkylation sites (N-methyl/N-ethyl adjacent to an activating group) is 1. The largest absolute Gasteiger partial charge is 0.492 e. The van der Waals surface area contributed by atoms with E-state index in [-0.39, 0.29) is 10.8 Å². The van der Waals surface area contributed by atoms with Gasteiger partial charge in [-0.25, -0.2) is 12.7 Å². The van der Waals surface area contributed by atoms with Gasteiger partial charge in [0.2, 0.25) is 10.0 Å². The number of benzene rings is 2. The van der Waals surface area contributed by atoms with E-state index in [0.29, 0.717) is 18.7 Å². The number of ether oxygens (including phenoxy) is 1. The van der Waals surface area contributed by atoms with Gasteiger partial charge in [-0.15, -0.1) is 0 Å². The quantitative estimate of drug-likeness (QED) is 0.688. The first-order valence-corrected chi connectivity index (χ1v) is 10.3. The highest BCUT2D eigenvalue weighted by molar-refractivity contribution is 7.89. The standard InChI is InChI=1S/C20H27N3O4S/c1-22(2)13-14-27-18-9-5-16(6-10-18)15-21-20(24)17-7-11-19(12-8-17)28(25,26)23(3)4/h5-12H,13-15H2,1-4H3,(H,21,24). The van der Waals surface area contributed by atoms with Gasteiger partial charge < -0.3 is 15.0 Å². The molecule has 2 aromatic carbocycles. The van der Waals surface area contributed by atoms with E-state index >= 15 is 0 Å². The average molecular weight is 406 g/mol.